The zero-order chi connectivity index (χ0) is 54.1. The summed E-state index contributed by atoms with van der Waals surface area (Å²) in [6.07, 6.45) is 62.9. The Kier molecular flexibility index (Phi) is 53.8. The van der Waals surface area contributed by atoms with Gasteiger partial charge in [0.2, 0.25) is 0 Å². The van der Waals surface area contributed by atoms with Crippen LogP contribution in [-0.4, -0.2) is 66.5 Å². The van der Waals surface area contributed by atoms with Gasteiger partial charge in [-0.05, 0) is 83.5 Å². The number of unbranched alkanes of at least 4 members (excludes halogenated alkanes) is 26. The van der Waals surface area contributed by atoms with E-state index in [2.05, 4.69) is 93.7 Å². The molecule has 3 unspecified atom stereocenters. The lowest BCUT2D eigenvalue weighted by Crippen LogP contribution is -2.30. The van der Waals surface area contributed by atoms with Crippen molar-refractivity contribution in [3.05, 3.63) is 72.9 Å². The molecule has 12 heteroatoms. The highest BCUT2D eigenvalue weighted by Crippen LogP contribution is 2.43. The first-order valence-corrected chi connectivity index (χ1v) is 31.3. The maximum atomic E-state index is 12.9. The molecule has 11 nitrogen and oxygen atoms in total. The lowest BCUT2D eigenvalue weighted by atomic mass is 10.0. The van der Waals surface area contributed by atoms with Crippen molar-refractivity contribution in [1.82, 2.24) is 0 Å². The maximum Gasteiger partial charge on any atom is 0.472 e. The van der Waals surface area contributed by atoms with Crippen LogP contribution in [0.3, 0.4) is 0 Å². The Morgan fingerprint density at radius 1 is 0.392 bits per heavy atom. The van der Waals surface area contributed by atoms with Crippen LogP contribution in [0.4, 0.5) is 0 Å². The fourth-order valence-corrected chi connectivity index (χ4v) is 8.88. The Morgan fingerprint density at radius 3 is 1.14 bits per heavy atom. The third kappa shape index (κ3) is 53.7. The van der Waals surface area contributed by atoms with Crippen LogP contribution in [0.5, 0.6) is 0 Å². The molecule has 0 aromatic rings. The third-order valence-corrected chi connectivity index (χ3v) is 13.5. The zero-order valence-corrected chi connectivity index (χ0v) is 48.2. The van der Waals surface area contributed by atoms with Gasteiger partial charge >= 0.3 is 25.7 Å². The average molecular weight is 1060 g/mol. The van der Waals surface area contributed by atoms with Crippen LogP contribution in [0, 0.1) is 0 Å². The molecule has 0 aromatic carbocycles. The van der Waals surface area contributed by atoms with Crippen LogP contribution in [-0.2, 0) is 42.2 Å². The molecule has 0 heterocycles. The quantitative estimate of drug-likeness (QED) is 0.0197. The molecule has 0 aromatic heterocycles. The number of ether oxygens (including phenoxy) is 3. The molecule has 0 spiro atoms. The van der Waals surface area contributed by atoms with Crippen LogP contribution in [0.25, 0.3) is 0 Å². The van der Waals surface area contributed by atoms with Crippen LogP contribution in [0.1, 0.15) is 265 Å². The molecule has 3 atom stereocenters. The Hall–Kier alpha value is -3.08. The van der Waals surface area contributed by atoms with Gasteiger partial charge in [-0.25, -0.2) is 4.57 Å². The Balaban J connectivity index is 4.76. The summed E-state index contributed by atoms with van der Waals surface area (Å²) < 4.78 is 39.5. The van der Waals surface area contributed by atoms with E-state index in [1.807, 2.05) is 0 Å². The smallest absolute Gasteiger partial charge is 0.462 e. The molecular formula is C62H109O11P. The minimum absolute atomic E-state index is 0.138. The van der Waals surface area contributed by atoms with Gasteiger partial charge in [0.1, 0.15) is 12.7 Å². The first-order valence-electron chi connectivity index (χ1n) is 29.8. The van der Waals surface area contributed by atoms with Gasteiger partial charge in [-0.15, -0.1) is 0 Å². The molecule has 2 N–H and O–H groups in total. The van der Waals surface area contributed by atoms with Crippen LogP contribution in [0.2, 0.25) is 0 Å². The van der Waals surface area contributed by atoms with Gasteiger partial charge in [-0.1, -0.05) is 235 Å². The number of hydrogen-bond donors (Lipinski definition) is 2. The van der Waals surface area contributed by atoms with Crippen molar-refractivity contribution in [1.29, 1.82) is 0 Å². The highest BCUT2D eigenvalue weighted by atomic mass is 31.2. The van der Waals surface area contributed by atoms with E-state index in [4.69, 9.17) is 23.3 Å². The van der Waals surface area contributed by atoms with E-state index >= 15 is 0 Å². The molecule has 0 aliphatic heterocycles. The first kappa shape index (κ1) is 70.9. The standard InChI is InChI=1S/C62H109O11P/c1-4-7-10-13-16-19-22-25-27-29-31-34-36-39-42-45-48-51-60(64)69-55-59(73-62(66)53-50-47-44-41-38-35-32-30-28-26-23-20-17-14-11-8-5-2)57-71-74(67,68)70-56-58(54-63)72-61(65)52-49-46-43-40-37-33-24-21-18-15-12-9-6-3/h8,11-12,15,17,20-21,24,26,28,32,35,58-59,63H,4-7,9-10,13-14,16,18-19,22-23,25,27,29-31,33-34,36-57H2,1-3H3,(H,67,68)/b11-8-,15-12-,20-17-,24-21-,28-26-,35-32-. The number of rotatable bonds is 55. The highest BCUT2D eigenvalue weighted by molar-refractivity contribution is 7.47. The fourth-order valence-electron chi connectivity index (χ4n) is 8.09. The summed E-state index contributed by atoms with van der Waals surface area (Å²) >= 11 is 0. The molecule has 0 amide bonds. The van der Waals surface area contributed by atoms with Crippen LogP contribution in [0.15, 0.2) is 72.9 Å². The summed E-state index contributed by atoms with van der Waals surface area (Å²) in [6, 6.07) is 0. The van der Waals surface area contributed by atoms with E-state index in [-0.39, 0.29) is 25.9 Å². The molecule has 0 rings (SSSR count). The Bertz CT molecular complexity index is 1520. The zero-order valence-electron chi connectivity index (χ0n) is 47.3. The van der Waals surface area contributed by atoms with Crippen LogP contribution < -0.4 is 0 Å². The molecule has 0 aliphatic rings. The van der Waals surface area contributed by atoms with Crippen molar-refractivity contribution < 1.29 is 52.2 Å². The lowest BCUT2D eigenvalue weighted by molar-refractivity contribution is -0.161. The van der Waals surface area contributed by atoms with E-state index in [0.717, 1.165) is 116 Å². The van der Waals surface area contributed by atoms with E-state index in [0.29, 0.717) is 19.3 Å². The minimum atomic E-state index is -4.76. The van der Waals surface area contributed by atoms with Gasteiger partial charge in [0.05, 0.1) is 19.8 Å². The van der Waals surface area contributed by atoms with Crippen molar-refractivity contribution in [3.8, 4) is 0 Å². The van der Waals surface area contributed by atoms with Crippen molar-refractivity contribution in [2.24, 2.45) is 0 Å². The molecule has 0 saturated heterocycles. The number of aliphatic hydroxyl groups excluding tert-OH is 1. The molecule has 428 valence electrons. The second-order valence-corrected chi connectivity index (χ2v) is 21.2. The molecule has 0 fully saturated rings. The largest absolute Gasteiger partial charge is 0.472 e. The summed E-state index contributed by atoms with van der Waals surface area (Å²) in [6.45, 7) is 4.45. The van der Waals surface area contributed by atoms with Gasteiger partial charge < -0.3 is 24.2 Å². The van der Waals surface area contributed by atoms with E-state index in [9.17, 15) is 28.9 Å². The monoisotopic (exact) mass is 1060 g/mol. The predicted molar refractivity (Wildman–Crippen MR) is 307 cm³/mol. The summed E-state index contributed by atoms with van der Waals surface area (Å²) in [5.41, 5.74) is 0. The van der Waals surface area contributed by atoms with Gasteiger partial charge in [-0.3, -0.25) is 23.4 Å². The Morgan fingerprint density at radius 2 is 0.730 bits per heavy atom. The third-order valence-electron chi connectivity index (χ3n) is 12.6. The SMILES string of the molecule is CC/C=C\C/C=C\C/C=C\C/C=C\CCCCCCC(=O)OC(COC(=O)CCCCCCCCCCCCCCCCCCC)COP(=O)(O)OCC(CO)OC(=O)CCCCCCC/C=C\C/C=C\CCC. The molecule has 0 bridgehead atoms. The Labute approximate surface area is 452 Å². The van der Waals surface area contributed by atoms with Crippen LogP contribution >= 0.6 is 7.82 Å². The van der Waals surface area contributed by atoms with Crippen molar-refractivity contribution in [2.45, 2.75) is 277 Å². The van der Waals surface area contributed by atoms with E-state index in [1.165, 1.54) is 89.9 Å². The van der Waals surface area contributed by atoms with E-state index in [1.54, 1.807) is 0 Å². The summed E-state index contributed by atoms with van der Waals surface area (Å²) in [4.78, 5) is 48.6. The van der Waals surface area contributed by atoms with Gasteiger partial charge in [0.15, 0.2) is 6.10 Å². The molecular weight excluding hydrogens is 952 g/mol. The molecule has 74 heavy (non-hydrogen) atoms. The number of hydrogen-bond acceptors (Lipinski definition) is 10. The van der Waals surface area contributed by atoms with E-state index < -0.39 is 57.8 Å². The number of carbonyl (C=O) groups is 3. The summed E-state index contributed by atoms with van der Waals surface area (Å²) in [7, 11) is -4.76. The highest BCUT2D eigenvalue weighted by Gasteiger charge is 2.28. The number of carbonyl (C=O) groups excluding carboxylic acids is 3. The number of phosphoric acid groups is 1. The van der Waals surface area contributed by atoms with Crippen molar-refractivity contribution in [3.63, 3.8) is 0 Å². The number of phosphoric ester groups is 1. The fraction of sp³-hybridized carbons (Fsp3) is 0.758. The second-order valence-electron chi connectivity index (χ2n) is 19.8. The topological polar surface area (TPSA) is 155 Å². The second kappa shape index (κ2) is 56.1. The van der Waals surface area contributed by atoms with Gasteiger partial charge in [0.25, 0.3) is 0 Å². The average Bonchev–Trinajstić information content (AvgIpc) is 3.39. The minimum Gasteiger partial charge on any atom is -0.462 e. The van der Waals surface area contributed by atoms with Gasteiger partial charge in [0, 0.05) is 19.3 Å². The van der Waals surface area contributed by atoms with Crippen molar-refractivity contribution >= 4 is 25.7 Å². The molecule has 0 radical (unpaired) electrons. The number of allylic oxidation sites excluding steroid dienone is 12. The normalized spacial score (nSPS) is 13.9. The molecule has 0 aliphatic carbocycles. The van der Waals surface area contributed by atoms with Crippen molar-refractivity contribution in [2.75, 3.05) is 26.4 Å². The summed E-state index contributed by atoms with van der Waals surface area (Å²) in [5, 5.41) is 9.81. The predicted octanol–water partition coefficient (Wildman–Crippen LogP) is 17.7. The molecule has 0 saturated carbocycles. The first-order chi connectivity index (χ1) is 36.2. The van der Waals surface area contributed by atoms with Gasteiger partial charge in [-0.2, -0.15) is 0 Å². The summed E-state index contributed by atoms with van der Waals surface area (Å²) in [5.74, 6) is -1.50. The maximum absolute atomic E-state index is 12.9. The number of aliphatic hydroxyl groups is 1. The lowest BCUT2D eigenvalue weighted by Gasteiger charge is -2.21. The number of esters is 3.